The Morgan fingerprint density at radius 2 is 1.04 bits per heavy atom. The summed E-state index contributed by atoms with van der Waals surface area (Å²) in [6.07, 6.45) is 0. The maximum atomic E-state index is 10.2. The second-order valence-corrected chi connectivity index (χ2v) is 12.3. The zero-order valence-electron chi connectivity index (χ0n) is 26.1. The maximum Gasteiger partial charge on any atom is 0.188 e. The normalized spacial score (nSPS) is 11.6. The Hall–Kier alpha value is -7.08. The first-order valence-electron chi connectivity index (χ1n) is 16.1. The Morgan fingerprint density at radius 3 is 1.69 bits per heavy atom. The maximum absolute atomic E-state index is 10.2. The van der Waals surface area contributed by atoms with E-state index < -0.39 is 0 Å². The smallest absolute Gasteiger partial charge is 0.188 e. The van der Waals surface area contributed by atoms with Crippen LogP contribution in [0.3, 0.4) is 0 Å². The number of nitriles is 1. The van der Waals surface area contributed by atoms with Gasteiger partial charge in [0.25, 0.3) is 0 Å². The average molecular weight is 625 g/mol. The number of furan rings is 1. The van der Waals surface area contributed by atoms with Gasteiger partial charge in [-0.05, 0) is 72.3 Å². The molecule has 0 spiro atoms. The van der Waals surface area contributed by atoms with Crippen molar-refractivity contribution in [2.24, 2.45) is 0 Å². The highest BCUT2D eigenvalue weighted by Gasteiger charge is 2.22. The van der Waals surface area contributed by atoms with Crippen LogP contribution < -0.4 is 0 Å². The van der Waals surface area contributed by atoms with Crippen LogP contribution >= 0.6 is 0 Å². The lowest BCUT2D eigenvalue weighted by Crippen LogP contribution is -2.02. The van der Waals surface area contributed by atoms with Crippen LogP contribution in [0.15, 0.2) is 150 Å². The fourth-order valence-electron chi connectivity index (χ4n) is 7.65. The minimum atomic E-state index is 0.529. The van der Waals surface area contributed by atoms with Gasteiger partial charge in [0.1, 0.15) is 11.2 Å². The highest BCUT2D eigenvalue weighted by Crippen LogP contribution is 2.43. The summed E-state index contributed by atoms with van der Waals surface area (Å²) >= 11 is 0. The highest BCUT2D eigenvalue weighted by molar-refractivity contribution is 6.17. The fourth-order valence-corrected chi connectivity index (χ4v) is 7.65. The summed E-state index contributed by atoms with van der Waals surface area (Å²) in [5, 5.41) is 16.8. The van der Waals surface area contributed by atoms with Crippen molar-refractivity contribution in [3.05, 3.63) is 163 Å². The van der Waals surface area contributed by atoms with E-state index in [0.29, 0.717) is 11.3 Å². The van der Waals surface area contributed by atoms with Gasteiger partial charge in [0, 0.05) is 37.9 Å². The molecule has 0 unspecified atom stereocenters. The first kappa shape index (κ1) is 27.1. The molecular weight excluding hydrogens is 601 g/mol. The minimum absolute atomic E-state index is 0.529. The van der Waals surface area contributed by atoms with Crippen molar-refractivity contribution in [1.82, 2.24) is 9.13 Å². The monoisotopic (exact) mass is 624 g/mol. The molecule has 49 heavy (non-hydrogen) atoms. The van der Waals surface area contributed by atoms with Gasteiger partial charge in [-0.2, -0.15) is 5.26 Å². The zero-order valence-corrected chi connectivity index (χ0v) is 26.1. The molecule has 0 fully saturated rings. The van der Waals surface area contributed by atoms with Gasteiger partial charge in [-0.15, -0.1) is 0 Å². The number of para-hydroxylation sites is 4. The number of fused-ring (bicyclic) bond motifs is 9. The van der Waals surface area contributed by atoms with Gasteiger partial charge < -0.3 is 13.6 Å². The van der Waals surface area contributed by atoms with Crippen LogP contribution in [-0.2, 0) is 0 Å². The molecule has 0 N–H and O–H groups in total. The molecular formula is C44H24N4O. The van der Waals surface area contributed by atoms with E-state index in [4.69, 9.17) is 11.0 Å². The molecule has 0 bridgehead atoms. The van der Waals surface area contributed by atoms with Crippen molar-refractivity contribution in [3.8, 4) is 28.6 Å². The molecule has 0 aliphatic carbocycles. The van der Waals surface area contributed by atoms with Gasteiger partial charge in [0.15, 0.2) is 5.69 Å². The van der Waals surface area contributed by atoms with E-state index >= 15 is 0 Å². The quantitative estimate of drug-likeness (QED) is 0.184. The Morgan fingerprint density at radius 1 is 0.490 bits per heavy atom. The lowest BCUT2D eigenvalue weighted by molar-refractivity contribution is 0.669. The van der Waals surface area contributed by atoms with E-state index in [0.717, 1.165) is 88.1 Å². The standard InChI is InChI=1S/C44H24N4O/c1-46-28-19-21-41(47-37-14-6-2-10-29(37)30-11-3-7-15-38(30)47)34(23-28)33-22-27(26-45)18-20-40(33)48-39-16-8-4-12-31(39)35-25-44-36(24-42(35)48)32-13-5-9-17-43(32)49-44/h2-25H. The minimum Gasteiger partial charge on any atom is -0.456 e. The predicted octanol–water partition coefficient (Wildman–Crippen LogP) is 11.9. The molecule has 3 heterocycles. The molecule has 10 rings (SSSR count). The van der Waals surface area contributed by atoms with E-state index in [1.807, 2.05) is 54.6 Å². The third-order valence-electron chi connectivity index (χ3n) is 9.76. The Bertz CT molecular complexity index is 3030. The Labute approximate surface area is 280 Å². The van der Waals surface area contributed by atoms with E-state index in [-0.39, 0.29) is 0 Å². The summed E-state index contributed by atoms with van der Waals surface area (Å²) in [5.74, 6) is 0. The van der Waals surface area contributed by atoms with Crippen molar-refractivity contribution in [2.75, 3.05) is 0 Å². The highest BCUT2D eigenvalue weighted by atomic mass is 16.3. The first-order chi connectivity index (χ1) is 24.2. The zero-order chi connectivity index (χ0) is 32.6. The van der Waals surface area contributed by atoms with Gasteiger partial charge >= 0.3 is 0 Å². The summed E-state index contributed by atoms with van der Waals surface area (Å²) in [6, 6.07) is 51.9. The second kappa shape index (κ2) is 10.2. The fraction of sp³-hybridized carbons (Fsp3) is 0. The van der Waals surface area contributed by atoms with E-state index in [2.05, 4.69) is 111 Å². The van der Waals surface area contributed by atoms with Gasteiger partial charge in [0.05, 0.1) is 51.6 Å². The summed E-state index contributed by atoms with van der Waals surface area (Å²) in [6.45, 7) is 7.98. The summed E-state index contributed by atoms with van der Waals surface area (Å²) in [7, 11) is 0. The Balaban J connectivity index is 1.35. The molecule has 10 aromatic rings. The first-order valence-corrected chi connectivity index (χ1v) is 16.1. The van der Waals surface area contributed by atoms with Crippen LogP contribution in [0.2, 0.25) is 0 Å². The summed E-state index contributed by atoms with van der Waals surface area (Å²) in [5.41, 5.74) is 10.6. The molecule has 0 aliphatic rings. The molecule has 7 aromatic carbocycles. The number of aromatic nitrogens is 2. The van der Waals surface area contributed by atoms with Crippen molar-refractivity contribution in [3.63, 3.8) is 0 Å². The molecule has 0 aliphatic heterocycles. The van der Waals surface area contributed by atoms with Crippen LogP contribution in [0.4, 0.5) is 5.69 Å². The van der Waals surface area contributed by atoms with Gasteiger partial charge in [-0.1, -0.05) is 78.9 Å². The van der Waals surface area contributed by atoms with E-state index in [1.54, 1.807) is 0 Å². The van der Waals surface area contributed by atoms with E-state index in [1.165, 1.54) is 0 Å². The van der Waals surface area contributed by atoms with Crippen LogP contribution in [0.25, 0.3) is 92.9 Å². The molecule has 0 radical (unpaired) electrons. The molecule has 0 amide bonds. The number of nitrogens with zero attached hydrogens (tertiary/aromatic N) is 4. The van der Waals surface area contributed by atoms with Crippen molar-refractivity contribution in [2.45, 2.75) is 0 Å². The molecule has 3 aromatic heterocycles. The topological polar surface area (TPSA) is 51.1 Å². The lowest BCUT2D eigenvalue weighted by atomic mass is 9.98. The molecule has 0 saturated carbocycles. The number of rotatable bonds is 3. The van der Waals surface area contributed by atoms with Crippen LogP contribution in [0.5, 0.6) is 0 Å². The Kier molecular flexibility index (Phi) is 5.64. The average Bonchev–Trinajstić information content (AvgIpc) is 3.80. The predicted molar refractivity (Wildman–Crippen MR) is 199 cm³/mol. The van der Waals surface area contributed by atoms with Crippen LogP contribution in [-0.4, -0.2) is 9.13 Å². The third kappa shape index (κ3) is 3.85. The number of hydrogen-bond donors (Lipinski definition) is 0. The SMILES string of the molecule is [C-]#[N+]c1ccc(-n2c3ccccc3c3ccccc32)c(-c2cc(C#N)ccc2-n2c3ccccc3c3cc4oc5ccccc5c4cc32)c1. The summed E-state index contributed by atoms with van der Waals surface area (Å²) < 4.78 is 10.9. The van der Waals surface area contributed by atoms with Gasteiger partial charge in [0.2, 0.25) is 0 Å². The van der Waals surface area contributed by atoms with Crippen LogP contribution in [0.1, 0.15) is 5.56 Å². The molecule has 5 heteroatoms. The largest absolute Gasteiger partial charge is 0.456 e. The van der Waals surface area contributed by atoms with Crippen molar-refractivity contribution >= 4 is 71.2 Å². The van der Waals surface area contributed by atoms with Crippen LogP contribution in [0, 0.1) is 17.9 Å². The lowest BCUT2D eigenvalue weighted by Gasteiger charge is -2.19. The summed E-state index contributed by atoms with van der Waals surface area (Å²) in [4.78, 5) is 3.85. The van der Waals surface area contributed by atoms with Gasteiger partial charge in [-0.25, -0.2) is 4.85 Å². The van der Waals surface area contributed by atoms with Crippen molar-refractivity contribution < 1.29 is 4.42 Å². The number of hydrogen-bond acceptors (Lipinski definition) is 2. The molecule has 0 atom stereocenters. The number of benzene rings is 7. The van der Waals surface area contributed by atoms with Gasteiger partial charge in [-0.3, -0.25) is 0 Å². The molecule has 0 saturated heterocycles. The van der Waals surface area contributed by atoms with Crippen molar-refractivity contribution in [1.29, 1.82) is 5.26 Å². The van der Waals surface area contributed by atoms with E-state index in [9.17, 15) is 5.26 Å². The third-order valence-corrected chi connectivity index (χ3v) is 9.76. The second-order valence-electron chi connectivity index (χ2n) is 12.3. The molecule has 226 valence electrons. The molecule has 5 nitrogen and oxygen atoms in total.